The molecule has 0 saturated heterocycles. The molecule has 0 radical (unpaired) electrons. The van der Waals surface area contributed by atoms with Gasteiger partial charge < -0.3 is 13.9 Å². The Morgan fingerprint density at radius 1 is 0.931 bits per heavy atom. The molecule has 144 valence electrons. The summed E-state index contributed by atoms with van der Waals surface area (Å²) in [6, 6.07) is 19.2. The highest BCUT2D eigenvalue weighted by Crippen LogP contribution is 2.32. The van der Waals surface area contributed by atoms with Crippen LogP contribution in [0.25, 0.3) is 22.2 Å². The van der Waals surface area contributed by atoms with E-state index in [9.17, 15) is 4.79 Å². The van der Waals surface area contributed by atoms with Crippen LogP contribution >= 0.6 is 11.8 Å². The number of fused-ring (bicyclic) bond motifs is 2. The van der Waals surface area contributed by atoms with Gasteiger partial charge in [-0.15, -0.1) is 10.2 Å². The van der Waals surface area contributed by atoms with Gasteiger partial charge in [-0.2, -0.15) is 0 Å². The molecule has 0 atom stereocenters. The number of benzene rings is 3. The summed E-state index contributed by atoms with van der Waals surface area (Å²) in [6.07, 6.45) is 0. The molecule has 1 aliphatic rings. The lowest BCUT2D eigenvalue weighted by molar-refractivity contribution is 0.102. The van der Waals surface area contributed by atoms with Crippen LogP contribution in [0.2, 0.25) is 0 Å². The fourth-order valence-corrected chi connectivity index (χ4v) is 3.87. The summed E-state index contributed by atoms with van der Waals surface area (Å²) in [5.41, 5.74) is 1.44. The van der Waals surface area contributed by atoms with Crippen LogP contribution in [-0.2, 0) is 0 Å². The van der Waals surface area contributed by atoms with E-state index in [0.29, 0.717) is 41.4 Å². The maximum Gasteiger partial charge on any atom is 0.277 e. The van der Waals surface area contributed by atoms with Gasteiger partial charge in [0.1, 0.15) is 13.2 Å². The summed E-state index contributed by atoms with van der Waals surface area (Å²) in [5.74, 6) is 1.85. The van der Waals surface area contributed by atoms with Crippen LogP contribution in [-0.4, -0.2) is 34.9 Å². The van der Waals surface area contributed by atoms with Crippen molar-refractivity contribution in [2.45, 2.75) is 5.22 Å². The van der Waals surface area contributed by atoms with Gasteiger partial charge in [-0.3, -0.25) is 4.79 Å². The number of aromatic nitrogens is 2. The minimum atomic E-state index is -0.0446. The highest BCUT2D eigenvalue weighted by atomic mass is 32.2. The first-order chi connectivity index (χ1) is 14.3. The molecule has 7 heteroatoms. The second kappa shape index (κ2) is 7.60. The lowest BCUT2D eigenvalue weighted by atomic mass is 10.0. The van der Waals surface area contributed by atoms with E-state index < -0.39 is 0 Å². The van der Waals surface area contributed by atoms with Crippen LogP contribution in [0, 0.1) is 0 Å². The van der Waals surface area contributed by atoms with Crippen LogP contribution in [0.3, 0.4) is 0 Å². The van der Waals surface area contributed by atoms with Gasteiger partial charge in [-0.25, -0.2) is 0 Å². The van der Waals surface area contributed by atoms with Crippen LogP contribution in [0.1, 0.15) is 10.4 Å². The van der Waals surface area contributed by atoms with Crippen molar-refractivity contribution in [3.63, 3.8) is 0 Å². The largest absolute Gasteiger partial charge is 0.486 e. The van der Waals surface area contributed by atoms with E-state index in [1.165, 1.54) is 11.8 Å². The van der Waals surface area contributed by atoms with Gasteiger partial charge in [0.15, 0.2) is 17.3 Å². The Bertz CT molecular complexity index is 1200. The number of thioether (sulfide) groups is 1. The summed E-state index contributed by atoms with van der Waals surface area (Å²) < 4.78 is 16.8. The van der Waals surface area contributed by atoms with Crippen molar-refractivity contribution in [3.05, 3.63) is 66.2 Å². The Balaban J connectivity index is 1.31. The van der Waals surface area contributed by atoms with E-state index in [-0.39, 0.29) is 11.5 Å². The summed E-state index contributed by atoms with van der Waals surface area (Å²) in [7, 11) is 0. The second-order valence-electron chi connectivity index (χ2n) is 6.47. The highest BCUT2D eigenvalue weighted by Gasteiger charge is 2.17. The zero-order valence-corrected chi connectivity index (χ0v) is 16.1. The first-order valence-corrected chi connectivity index (χ1v) is 10.1. The number of carbonyl (C=O) groups excluding carboxylic acids is 1. The SMILES string of the molecule is O=C(CSc1nnc(-c2cccc3ccccc23)o1)c1ccc2c(c1)OCCO2. The fraction of sp³-hybridized carbons (Fsp3) is 0.136. The Kier molecular flexibility index (Phi) is 4.65. The Labute approximate surface area is 170 Å². The third-order valence-corrected chi connectivity index (χ3v) is 5.44. The lowest BCUT2D eigenvalue weighted by Crippen LogP contribution is -2.16. The minimum Gasteiger partial charge on any atom is -0.486 e. The monoisotopic (exact) mass is 404 g/mol. The molecule has 0 unspecified atom stereocenters. The first kappa shape index (κ1) is 17.8. The van der Waals surface area contributed by atoms with Gasteiger partial charge in [0.2, 0.25) is 5.89 Å². The van der Waals surface area contributed by atoms with Crippen LogP contribution in [0.5, 0.6) is 11.5 Å². The molecule has 6 nitrogen and oxygen atoms in total. The summed E-state index contributed by atoms with van der Waals surface area (Å²) in [6.45, 7) is 1.00. The van der Waals surface area contributed by atoms with E-state index in [2.05, 4.69) is 10.2 Å². The number of nitrogens with zero attached hydrogens (tertiary/aromatic N) is 2. The molecule has 29 heavy (non-hydrogen) atoms. The van der Waals surface area contributed by atoms with Gasteiger partial charge in [-0.05, 0) is 35.0 Å². The number of rotatable bonds is 5. The molecule has 0 aliphatic carbocycles. The Morgan fingerprint density at radius 3 is 2.69 bits per heavy atom. The quantitative estimate of drug-likeness (QED) is 0.354. The lowest BCUT2D eigenvalue weighted by Gasteiger charge is -2.18. The van der Waals surface area contributed by atoms with E-state index in [4.69, 9.17) is 13.9 Å². The van der Waals surface area contributed by atoms with Crippen molar-refractivity contribution in [1.29, 1.82) is 0 Å². The predicted octanol–water partition coefficient (Wildman–Crippen LogP) is 4.64. The second-order valence-corrected chi connectivity index (χ2v) is 7.40. The van der Waals surface area contributed by atoms with Gasteiger partial charge in [-0.1, -0.05) is 48.2 Å². The normalized spacial score (nSPS) is 12.8. The van der Waals surface area contributed by atoms with Crippen molar-refractivity contribution in [3.8, 4) is 23.0 Å². The number of ketones is 1. The topological polar surface area (TPSA) is 74.5 Å². The van der Waals surface area contributed by atoms with Gasteiger partial charge in [0, 0.05) is 11.1 Å². The molecule has 0 saturated carbocycles. The molecule has 3 aromatic carbocycles. The van der Waals surface area contributed by atoms with Gasteiger partial charge in [0.25, 0.3) is 5.22 Å². The highest BCUT2D eigenvalue weighted by molar-refractivity contribution is 7.99. The Morgan fingerprint density at radius 2 is 1.76 bits per heavy atom. The summed E-state index contributed by atoms with van der Waals surface area (Å²) in [4.78, 5) is 12.5. The molecule has 0 amide bonds. The van der Waals surface area contributed by atoms with Crippen LogP contribution in [0.4, 0.5) is 0 Å². The van der Waals surface area contributed by atoms with Crippen LogP contribution < -0.4 is 9.47 Å². The molecular weight excluding hydrogens is 388 g/mol. The van der Waals surface area contributed by atoms with E-state index in [1.54, 1.807) is 18.2 Å². The van der Waals surface area contributed by atoms with Crippen molar-refractivity contribution < 1.29 is 18.7 Å². The first-order valence-electron chi connectivity index (χ1n) is 9.15. The minimum absolute atomic E-state index is 0.0446. The zero-order valence-electron chi connectivity index (χ0n) is 15.3. The third kappa shape index (κ3) is 3.56. The Hall–Kier alpha value is -3.32. The van der Waals surface area contributed by atoms with Crippen molar-refractivity contribution >= 4 is 28.3 Å². The molecule has 0 spiro atoms. The molecule has 1 aromatic heterocycles. The van der Waals surface area contributed by atoms with E-state index >= 15 is 0 Å². The van der Waals surface area contributed by atoms with Crippen molar-refractivity contribution in [1.82, 2.24) is 10.2 Å². The number of carbonyl (C=O) groups is 1. The van der Waals surface area contributed by atoms with E-state index in [0.717, 1.165) is 16.3 Å². The average molecular weight is 404 g/mol. The van der Waals surface area contributed by atoms with Gasteiger partial charge >= 0.3 is 0 Å². The maximum absolute atomic E-state index is 12.5. The summed E-state index contributed by atoms with van der Waals surface area (Å²) in [5, 5.41) is 10.8. The van der Waals surface area contributed by atoms with Crippen LogP contribution in [0.15, 0.2) is 70.3 Å². The number of hydrogen-bond donors (Lipinski definition) is 0. The predicted molar refractivity (Wildman–Crippen MR) is 110 cm³/mol. The molecule has 4 aromatic rings. The van der Waals surface area contributed by atoms with Gasteiger partial charge in [0.05, 0.1) is 5.75 Å². The standard InChI is InChI=1S/C22H16N2O4S/c25-18(15-8-9-19-20(12-15)27-11-10-26-19)13-29-22-24-23-21(28-22)17-7-3-5-14-4-1-2-6-16(14)17/h1-9,12H,10-11,13H2. The molecule has 0 bridgehead atoms. The van der Waals surface area contributed by atoms with Crippen molar-refractivity contribution in [2.24, 2.45) is 0 Å². The van der Waals surface area contributed by atoms with E-state index in [1.807, 2.05) is 42.5 Å². The number of Topliss-reactive ketones (excluding diaryl/α,β-unsaturated/α-hetero) is 1. The number of hydrogen-bond acceptors (Lipinski definition) is 7. The molecule has 1 aliphatic heterocycles. The summed E-state index contributed by atoms with van der Waals surface area (Å²) >= 11 is 1.22. The zero-order chi connectivity index (χ0) is 19.6. The fourth-order valence-electron chi connectivity index (χ4n) is 3.22. The third-order valence-electron chi connectivity index (χ3n) is 4.62. The molecule has 0 N–H and O–H groups in total. The van der Waals surface area contributed by atoms with Crippen molar-refractivity contribution in [2.75, 3.05) is 19.0 Å². The average Bonchev–Trinajstić information content (AvgIpc) is 3.25. The molecule has 2 heterocycles. The molecular formula is C22H16N2O4S. The smallest absolute Gasteiger partial charge is 0.277 e. The molecule has 0 fully saturated rings. The number of ether oxygens (including phenoxy) is 2. The molecule has 5 rings (SSSR count). The maximum atomic E-state index is 12.5.